The Labute approximate surface area is 109 Å². The second-order valence-corrected chi connectivity index (χ2v) is 5.49. The molecule has 1 nitrogen and oxygen atoms in total. The van der Waals surface area contributed by atoms with E-state index in [0.29, 0.717) is 5.92 Å². The van der Waals surface area contributed by atoms with Gasteiger partial charge >= 0.3 is 0 Å². The Bertz CT molecular complexity index is 565. The fourth-order valence-corrected chi connectivity index (χ4v) is 3.26. The standard InChI is InChI=1S/C17H20N/c1-12-9-13(2)17(14(3)10-12)18-8-7-15-5-4-6-16(15)11-18/h4-6,9-11,16H,7-8H2,1-3H3/q+1/t16-/m0/s1. The zero-order valence-electron chi connectivity index (χ0n) is 11.4. The van der Waals surface area contributed by atoms with Gasteiger partial charge in [0, 0.05) is 17.5 Å². The van der Waals surface area contributed by atoms with E-state index in [-0.39, 0.29) is 0 Å². The molecule has 0 fully saturated rings. The molecule has 1 aromatic carbocycles. The maximum absolute atomic E-state index is 2.45. The maximum atomic E-state index is 2.45. The molecule has 18 heavy (non-hydrogen) atoms. The molecule has 0 unspecified atom stereocenters. The zero-order chi connectivity index (χ0) is 12.7. The highest BCUT2D eigenvalue weighted by molar-refractivity contribution is 5.68. The average molecular weight is 238 g/mol. The third-order valence-electron chi connectivity index (χ3n) is 3.96. The summed E-state index contributed by atoms with van der Waals surface area (Å²) in [6.45, 7) is 7.72. The van der Waals surface area contributed by atoms with Crippen LogP contribution in [-0.2, 0) is 0 Å². The van der Waals surface area contributed by atoms with Crippen molar-refractivity contribution >= 4 is 11.9 Å². The van der Waals surface area contributed by atoms with Crippen LogP contribution in [0.2, 0.25) is 0 Å². The molecule has 1 aliphatic carbocycles. The Morgan fingerprint density at radius 2 is 1.83 bits per heavy atom. The smallest absolute Gasteiger partial charge is 0.201 e. The molecule has 3 rings (SSSR count). The molecule has 1 aliphatic heterocycles. The summed E-state index contributed by atoms with van der Waals surface area (Å²) in [5, 5.41) is 0. The highest BCUT2D eigenvalue weighted by Gasteiger charge is 2.26. The van der Waals surface area contributed by atoms with Crippen molar-refractivity contribution < 1.29 is 4.58 Å². The summed E-state index contributed by atoms with van der Waals surface area (Å²) in [6, 6.07) is 4.57. The SMILES string of the molecule is Cc1cc(C)c([N+]2=C[C@@H]3C=CC=C3CC2)c(C)c1. The van der Waals surface area contributed by atoms with Crippen molar-refractivity contribution in [3.05, 3.63) is 52.6 Å². The predicted molar refractivity (Wildman–Crippen MR) is 76.8 cm³/mol. The van der Waals surface area contributed by atoms with E-state index in [4.69, 9.17) is 0 Å². The van der Waals surface area contributed by atoms with Crippen LogP contribution >= 0.6 is 0 Å². The summed E-state index contributed by atoms with van der Waals surface area (Å²) in [6.07, 6.45) is 10.3. The minimum absolute atomic E-state index is 0.527. The van der Waals surface area contributed by atoms with Crippen molar-refractivity contribution in [3.8, 4) is 0 Å². The minimum Gasteiger partial charge on any atom is -0.201 e. The van der Waals surface area contributed by atoms with Gasteiger partial charge in [0.1, 0.15) is 0 Å². The molecular formula is C17H20N+. The molecule has 1 aromatic rings. The molecule has 0 aromatic heterocycles. The summed E-state index contributed by atoms with van der Waals surface area (Å²) in [5.74, 6) is 0.527. The lowest BCUT2D eigenvalue weighted by Gasteiger charge is -2.17. The first-order chi connectivity index (χ1) is 8.65. The molecule has 0 bridgehead atoms. The second-order valence-electron chi connectivity index (χ2n) is 5.49. The van der Waals surface area contributed by atoms with Crippen molar-refractivity contribution in [3.63, 3.8) is 0 Å². The molecule has 1 heterocycles. The van der Waals surface area contributed by atoms with E-state index in [2.05, 4.69) is 61.9 Å². The first-order valence-corrected chi connectivity index (χ1v) is 6.72. The van der Waals surface area contributed by atoms with E-state index in [1.807, 2.05) is 0 Å². The number of hydrogen-bond acceptors (Lipinski definition) is 0. The lowest BCUT2D eigenvalue weighted by Crippen LogP contribution is -2.22. The van der Waals surface area contributed by atoms with Crippen LogP contribution in [0, 0.1) is 26.7 Å². The Balaban J connectivity index is 2.06. The van der Waals surface area contributed by atoms with Crippen molar-refractivity contribution in [2.45, 2.75) is 27.2 Å². The lowest BCUT2D eigenvalue weighted by molar-refractivity contribution is -0.441. The number of hydrogen-bond donors (Lipinski definition) is 0. The Morgan fingerprint density at radius 1 is 1.11 bits per heavy atom. The van der Waals surface area contributed by atoms with Crippen LogP contribution in [0.25, 0.3) is 0 Å². The van der Waals surface area contributed by atoms with Crippen LogP contribution in [0.4, 0.5) is 5.69 Å². The summed E-state index contributed by atoms with van der Waals surface area (Å²) in [4.78, 5) is 0. The number of nitrogens with zero attached hydrogens (tertiary/aromatic N) is 1. The van der Waals surface area contributed by atoms with Gasteiger partial charge in [-0.1, -0.05) is 23.8 Å². The van der Waals surface area contributed by atoms with Gasteiger partial charge in [-0.05, 0) is 38.5 Å². The summed E-state index contributed by atoms with van der Waals surface area (Å²) >= 11 is 0. The van der Waals surface area contributed by atoms with E-state index in [0.717, 1.165) is 6.54 Å². The third-order valence-corrected chi connectivity index (χ3v) is 3.96. The van der Waals surface area contributed by atoms with Crippen LogP contribution < -0.4 is 0 Å². The third kappa shape index (κ3) is 1.84. The topological polar surface area (TPSA) is 3.01 Å². The first kappa shape index (κ1) is 11.5. The molecule has 0 N–H and O–H groups in total. The number of rotatable bonds is 1. The number of aryl methyl sites for hydroxylation is 3. The Kier molecular flexibility index (Phi) is 2.70. The molecule has 0 saturated carbocycles. The maximum Gasteiger partial charge on any atom is 0.210 e. The monoisotopic (exact) mass is 238 g/mol. The van der Waals surface area contributed by atoms with Crippen molar-refractivity contribution in [1.29, 1.82) is 0 Å². The Hall–Kier alpha value is -1.63. The molecule has 1 heteroatoms. The fourth-order valence-electron chi connectivity index (χ4n) is 3.26. The van der Waals surface area contributed by atoms with E-state index < -0.39 is 0 Å². The largest absolute Gasteiger partial charge is 0.210 e. The number of fused-ring (bicyclic) bond motifs is 1. The van der Waals surface area contributed by atoms with E-state index in [9.17, 15) is 0 Å². The summed E-state index contributed by atoms with van der Waals surface area (Å²) < 4.78 is 2.45. The van der Waals surface area contributed by atoms with Gasteiger partial charge in [-0.3, -0.25) is 0 Å². The van der Waals surface area contributed by atoms with Gasteiger partial charge < -0.3 is 0 Å². The number of allylic oxidation sites excluding steroid dienone is 3. The highest BCUT2D eigenvalue weighted by atomic mass is 15.0. The van der Waals surface area contributed by atoms with Gasteiger partial charge in [-0.25, -0.2) is 4.58 Å². The van der Waals surface area contributed by atoms with Gasteiger partial charge in [-0.2, -0.15) is 0 Å². The van der Waals surface area contributed by atoms with E-state index in [1.54, 1.807) is 5.57 Å². The van der Waals surface area contributed by atoms with Crippen molar-refractivity contribution in [1.82, 2.24) is 0 Å². The highest BCUT2D eigenvalue weighted by Crippen LogP contribution is 2.30. The van der Waals surface area contributed by atoms with Gasteiger partial charge in [0.15, 0.2) is 12.8 Å². The van der Waals surface area contributed by atoms with Gasteiger partial charge in [0.2, 0.25) is 5.69 Å². The summed E-state index contributed by atoms with van der Waals surface area (Å²) in [7, 11) is 0. The lowest BCUT2D eigenvalue weighted by atomic mass is 9.96. The van der Waals surface area contributed by atoms with Crippen LogP contribution in [-0.4, -0.2) is 17.3 Å². The van der Waals surface area contributed by atoms with E-state index in [1.165, 1.54) is 28.8 Å². The average Bonchev–Trinajstić information content (AvgIpc) is 2.74. The molecule has 0 spiro atoms. The second kappa shape index (κ2) is 4.24. The fraction of sp³-hybridized carbons (Fsp3) is 0.353. The Morgan fingerprint density at radius 3 is 2.56 bits per heavy atom. The zero-order valence-corrected chi connectivity index (χ0v) is 11.4. The van der Waals surface area contributed by atoms with Crippen LogP contribution in [0.15, 0.2) is 35.9 Å². The van der Waals surface area contributed by atoms with E-state index >= 15 is 0 Å². The van der Waals surface area contributed by atoms with Crippen molar-refractivity contribution in [2.75, 3.05) is 6.54 Å². The van der Waals surface area contributed by atoms with Crippen LogP contribution in [0.1, 0.15) is 23.1 Å². The quantitative estimate of drug-likeness (QED) is 0.654. The van der Waals surface area contributed by atoms with Crippen LogP contribution in [0.5, 0.6) is 0 Å². The summed E-state index contributed by atoms with van der Waals surface area (Å²) in [5.41, 5.74) is 7.09. The molecule has 1 atom stereocenters. The normalized spacial score (nSPS) is 21.6. The predicted octanol–water partition coefficient (Wildman–Crippen LogP) is 3.84. The number of benzene rings is 1. The van der Waals surface area contributed by atoms with Crippen LogP contribution in [0.3, 0.4) is 0 Å². The van der Waals surface area contributed by atoms with Crippen molar-refractivity contribution in [2.24, 2.45) is 5.92 Å². The molecule has 0 amide bonds. The molecule has 92 valence electrons. The van der Waals surface area contributed by atoms with Gasteiger partial charge in [-0.15, -0.1) is 0 Å². The molecule has 2 aliphatic rings. The molecule has 0 saturated heterocycles. The molecular weight excluding hydrogens is 218 g/mol. The molecule has 0 radical (unpaired) electrons. The van der Waals surface area contributed by atoms with Gasteiger partial charge in [0.25, 0.3) is 0 Å². The minimum atomic E-state index is 0.527. The first-order valence-electron chi connectivity index (χ1n) is 6.72. The van der Waals surface area contributed by atoms with Gasteiger partial charge in [0.05, 0.1) is 5.92 Å².